The van der Waals surface area contributed by atoms with Gasteiger partial charge in [-0.15, -0.1) is 0 Å². The second-order valence-corrected chi connectivity index (χ2v) is 6.75. The molecule has 0 unspecified atom stereocenters. The van der Waals surface area contributed by atoms with Gasteiger partial charge in [-0.2, -0.15) is 0 Å². The lowest BCUT2D eigenvalue weighted by molar-refractivity contribution is -0.0925. The van der Waals surface area contributed by atoms with Crippen molar-refractivity contribution in [1.29, 1.82) is 0 Å². The maximum Gasteiger partial charge on any atom is 0.225 e. The van der Waals surface area contributed by atoms with Gasteiger partial charge in [0, 0.05) is 32.4 Å². The quantitative estimate of drug-likeness (QED) is 0.848. The fraction of sp³-hybridized carbons (Fsp3) is 0.500. The smallest absolute Gasteiger partial charge is 0.225 e. The van der Waals surface area contributed by atoms with Crippen LogP contribution in [0.15, 0.2) is 36.8 Å². The van der Waals surface area contributed by atoms with Crippen LogP contribution in [0.3, 0.4) is 0 Å². The number of ether oxygens (including phenoxy) is 1. The first-order valence-electron chi connectivity index (χ1n) is 8.71. The molecule has 0 aliphatic carbocycles. The number of halogens is 1. The molecule has 2 aromatic rings. The van der Waals surface area contributed by atoms with Crippen molar-refractivity contribution in [3.8, 4) is 0 Å². The number of piperidine rings is 1. The second-order valence-electron chi connectivity index (χ2n) is 6.75. The van der Waals surface area contributed by atoms with Crippen LogP contribution in [0.4, 0.5) is 10.3 Å². The second kappa shape index (κ2) is 7.01. The van der Waals surface area contributed by atoms with E-state index in [4.69, 9.17) is 4.74 Å². The van der Waals surface area contributed by atoms with E-state index in [9.17, 15) is 4.39 Å². The topological polar surface area (TPSA) is 54.4 Å². The van der Waals surface area contributed by atoms with Gasteiger partial charge in [-0.1, -0.05) is 6.07 Å². The maximum absolute atomic E-state index is 13.0. The minimum atomic E-state index is -0.408. The zero-order valence-corrected chi connectivity index (χ0v) is 14.1. The van der Waals surface area contributed by atoms with Gasteiger partial charge in [0.25, 0.3) is 0 Å². The summed E-state index contributed by atoms with van der Waals surface area (Å²) in [5.74, 6) is 0.176. The molecule has 7 heteroatoms. The van der Waals surface area contributed by atoms with Crippen molar-refractivity contribution in [2.75, 3.05) is 37.7 Å². The molecular formula is C18H22FN5O. The molecule has 1 spiro atoms. The van der Waals surface area contributed by atoms with Crippen LogP contribution >= 0.6 is 0 Å². The van der Waals surface area contributed by atoms with Crippen molar-refractivity contribution in [3.63, 3.8) is 0 Å². The Morgan fingerprint density at radius 3 is 2.60 bits per heavy atom. The zero-order chi connectivity index (χ0) is 17.1. The fourth-order valence-corrected chi connectivity index (χ4v) is 3.63. The largest absolute Gasteiger partial charge is 0.371 e. The van der Waals surface area contributed by atoms with Gasteiger partial charge < -0.3 is 9.64 Å². The minimum absolute atomic E-state index is 0.156. The molecule has 2 fully saturated rings. The number of aromatic nitrogens is 3. The third-order valence-electron chi connectivity index (χ3n) is 5.02. The van der Waals surface area contributed by atoms with Crippen LogP contribution in [0.25, 0.3) is 0 Å². The van der Waals surface area contributed by atoms with E-state index < -0.39 is 5.82 Å². The van der Waals surface area contributed by atoms with Gasteiger partial charge in [-0.05, 0) is 25.0 Å². The Morgan fingerprint density at radius 2 is 1.88 bits per heavy atom. The molecule has 0 N–H and O–H groups in total. The lowest BCUT2D eigenvalue weighted by Crippen LogP contribution is -2.57. The summed E-state index contributed by atoms with van der Waals surface area (Å²) in [7, 11) is 0. The van der Waals surface area contributed by atoms with Crippen LogP contribution < -0.4 is 4.90 Å². The Hall–Kier alpha value is -2.12. The highest BCUT2D eigenvalue weighted by atomic mass is 19.1. The van der Waals surface area contributed by atoms with E-state index in [1.807, 2.05) is 18.3 Å². The van der Waals surface area contributed by atoms with E-state index in [1.165, 1.54) is 12.4 Å². The molecule has 0 amide bonds. The molecule has 6 nitrogen and oxygen atoms in total. The highest BCUT2D eigenvalue weighted by Crippen LogP contribution is 2.31. The van der Waals surface area contributed by atoms with Gasteiger partial charge in [0.15, 0.2) is 5.82 Å². The lowest BCUT2D eigenvalue weighted by atomic mass is 9.89. The Bertz CT molecular complexity index is 688. The van der Waals surface area contributed by atoms with E-state index in [0.29, 0.717) is 12.6 Å². The molecule has 25 heavy (non-hydrogen) atoms. The molecule has 2 aromatic heterocycles. The van der Waals surface area contributed by atoms with Gasteiger partial charge in [-0.25, -0.2) is 14.4 Å². The molecule has 132 valence electrons. The molecule has 0 bridgehead atoms. The van der Waals surface area contributed by atoms with Crippen LogP contribution in [0, 0.1) is 5.82 Å². The van der Waals surface area contributed by atoms with E-state index >= 15 is 0 Å². The van der Waals surface area contributed by atoms with Crippen molar-refractivity contribution in [1.82, 2.24) is 19.9 Å². The summed E-state index contributed by atoms with van der Waals surface area (Å²) in [6.45, 7) is 4.99. The highest BCUT2D eigenvalue weighted by Gasteiger charge is 2.40. The number of nitrogens with zero attached hydrogens (tertiary/aromatic N) is 5. The van der Waals surface area contributed by atoms with Gasteiger partial charge in [-0.3, -0.25) is 9.88 Å². The first kappa shape index (κ1) is 16.4. The number of anilines is 1. The molecule has 4 rings (SSSR count). The predicted octanol–water partition coefficient (Wildman–Crippen LogP) is 1.88. The van der Waals surface area contributed by atoms with E-state index in [0.717, 1.165) is 51.3 Å². The predicted molar refractivity (Wildman–Crippen MR) is 91.6 cm³/mol. The summed E-state index contributed by atoms with van der Waals surface area (Å²) in [4.78, 5) is 17.2. The number of hydrogen-bond acceptors (Lipinski definition) is 6. The summed E-state index contributed by atoms with van der Waals surface area (Å²) in [6, 6.07) is 6.03. The van der Waals surface area contributed by atoms with Crippen molar-refractivity contribution in [3.05, 3.63) is 48.3 Å². The molecule has 0 aromatic carbocycles. The van der Waals surface area contributed by atoms with Crippen molar-refractivity contribution in [2.24, 2.45) is 0 Å². The molecule has 2 aliphatic heterocycles. The number of pyridine rings is 1. The lowest BCUT2D eigenvalue weighted by Gasteiger charge is -2.47. The van der Waals surface area contributed by atoms with Crippen LogP contribution in [-0.2, 0) is 11.3 Å². The summed E-state index contributed by atoms with van der Waals surface area (Å²) < 4.78 is 19.2. The summed E-state index contributed by atoms with van der Waals surface area (Å²) in [5, 5.41) is 0. The zero-order valence-electron chi connectivity index (χ0n) is 14.1. The van der Waals surface area contributed by atoms with Crippen LogP contribution in [-0.4, -0.2) is 58.2 Å². The van der Waals surface area contributed by atoms with Crippen molar-refractivity contribution in [2.45, 2.75) is 25.0 Å². The van der Waals surface area contributed by atoms with Gasteiger partial charge in [0.1, 0.15) is 0 Å². The molecule has 2 saturated heterocycles. The number of morpholine rings is 1. The number of rotatable bonds is 3. The number of hydrogen-bond donors (Lipinski definition) is 0. The highest BCUT2D eigenvalue weighted by molar-refractivity contribution is 5.30. The van der Waals surface area contributed by atoms with Gasteiger partial charge in [0.05, 0.1) is 36.8 Å². The molecule has 4 heterocycles. The molecule has 0 atom stereocenters. The van der Waals surface area contributed by atoms with Crippen LogP contribution in [0.1, 0.15) is 18.5 Å². The maximum atomic E-state index is 13.0. The summed E-state index contributed by atoms with van der Waals surface area (Å²) in [6.07, 6.45) is 6.22. The van der Waals surface area contributed by atoms with Crippen LogP contribution in [0.2, 0.25) is 0 Å². The average molecular weight is 343 g/mol. The Kier molecular flexibility index (Phi) is 4.59. The molecule has 2 aliphatic rings. The molecule has 0 saturated carbocycles. The Labute approximate surface area is 146 Å². The SMILES string of the molecule is Fc1cnc(N2CCOC3(CCN(Cc4ccccn4)CC3)C2)nc1. The van der Waals surface area contributed by atoms with Crippen LogP contribution in [0.5, 0.6) is 0 Å². The van der Waals surface area contributed by atoms with E-state index in [2.05, 4.69) is 30.8 Å². The monoisotopic (exact) mass is 343 g/mol. The molecular weight excluding hydrogens is 321 g/mol. The van der Waals surface area contributed by atoms with Gasteiger partial charge in [0.2, 0.25) is 5.95 Å². The van der Waals surface area contributed by atoms with E-state index in [1.54, 1.807) is 0 Å². The fourth-order valence-electron chi connectivity index (χ4n) is 3.63. The summed E-state index contributed by atoms with van der Waals surface area (Å²) >= 11 is 0. The Balaban J connectivity index is 1.37. The van der Waals surface area contributed by atoms with Gasteiger partial charge >= 0.3 is 0 Å². The van der Waals surface area contributed by atoms with E-state index in [-0.39, 0.29) is 5.60 Å². The standard InChI is InChI=1S/C18H22FN5O/c19-15-11-21-17(22-12-15)24-9-10-25-18(14-24)4-7-23(8-5-18)13-16-3-1-2-6-20-16/h1-3,6,11-12H,4-5,7-10,13-14H2. The van der Waals surface area contributed by atoms with Crippen molar-refractivity contribution < 1.29 is 9.13 Å². The third kappa shape index (κ3) is 3.77. The number of likely N-dealkylation sites (tertiary alicyclic amines) is 1. The first-order valence-corrected chi connectivity index (χ1v) is 8.71. The molecule has 0 radical (unpaired) electrons. The van der Waals surface area contributed by atoms with Crippen molar-refractivity contribution >= 4 is 5.95 Å². The summed E-state index contributed by atoms with van der Waals surface area (Å²) in [5.41, 5.74) is 0.945. The third-order valence-corrected chi connectivity index (χ3v) is 5.02. The average Bonchev–Trinajstić information content (AvgIpc) is 2.66. The Morgan fingerprint density at radius 1 is 1.08 bits per heavy atom. The normalized spacial score (nSPS) is 20.8. The first-order chi connectivity index (χ1) is 12.2. The minimum Gasteiger partial charge on any atom is -0.371 e.